The van der Waals surface area contributed by atoms with Crippen molar-refractivity contribution < 1.29 is 0 Å². The summed E-state index contributed by atoms with van der Waals surface area (Å²) in [7, 11) is 2.19. The third-order valence-corrected chi connectivity index (χ3v) is 4.14. The first kappa shape index (κ1) is 16.2. The van der Waals surface area contributed by atoms with E-state index in [-0.39, 0.29) is 0 Å². The molecule has 0 aliphatic rings. The largest absolute Gasteiger partial charge is 0.329 e. The highest BCUT2D eigenvalue weighted by molar-refractivity contribution is 5.32. The molecule has 1 rings (SSSR count). The van der Waals surface area contributed by atoms with Crippen LogP contribution >= 0.6 is 0 Å². The van der Waals surface area contributed by atoms with Gasteiger partial charge in [0, 0.05) is 18.6 Å². The number of rotatable bonds is 6. The van der Waals surface area contributed by atoms with E-state index in [0.29, 0.717) is 18.6 Å². The van der Waals surface area contributed by atoms with Gasteiger partial charge in [0.05, 0.1) is 0 Å². The van der Waals surface area contributed by atoms with Crippen molar-refractivity contribution >= 4 is 0 Å². The van der Waals surface area contributed by atoms with E-state index in [1.165, 1.54) is 23.1 Å². The Morgan fingerprint density at radius 2 is 1.74 bits per heavy atom. The maximum Gasteiger partial charge on any atom is 0.0470 e. The molecular weight excluding hydrogens is 232 g/mol. The summed E-state index contributed by atoms with van der Waals surface area (Å²) in [4.78, 5) is 2.42. The minimum Gasteiger partial charge on any atom is -0.329 e. The number of nitrogens with zero attached hydrogens (tertiary/aromatic N) is 1. The zero-order valence-electron chi connectivity index (χ0n) is 13.4. The maximum absolute atomic E-state index is 6.02. The van der Waals surface area contributed by atoms with E-state index in [4.69, 9.17) is 5.73 Å². The maximum atomic E-state index is 6.02. The van der Waals surface area contributed by atoms with Gasteiger partial charge in [-0.2, -0.15) is 0 Å². The van der Waals surface area contributed by atoms with E-state index < -0.39 is 0 Å². The van der Waals surface area contributed by atoms with Gasteiger partial charge in [-0.3, -0.25) is 4.90 Å². The fraction of sp³-hybridized carbons (Fsp3) is 0.647. The number of nitrogens with two attached hydrogens (primary N) is 1. The first-order valence-electron chi connectivity index (χ1n) is 7.36. The van der Waals surface area contributed by atoms with E-state index in [2.05, 4.69) is 64.8 Å². The van der Waals surface area contributed by atoms with Gasteiger partial charge in [-0.15, -0.1) is 0 Å². The van der Waals surface area contributed by atoms with E-state index in [0.717, 1.165) is 5.92 Å². The van der Waals surface area contributed by atoms with Crippen LogP contribution in [-0.4, -0.2) is 24.5 Å². The minimum absolute atomic E-state index is 0.313. The second-order valence-electron chi connectivity index (χ2n) is 6.24. The zero-order chi connectivity index (χ0) is 14.6. The SMILES string of the molecule is Cc1ccc(C(CN)N(C)C(C)CC(C)C)cc1C. The molecule has 1 aromatic carbocycles. The summed E-state index contributed by atoms with van der Waals surface area (Å²) in [6.07, 6.45) is 1.21. The first-order chi connectivity index (χ1) is 8.86. The highest BCUT2D eigenvalue weighted by atomic mass is 15.2. The molecule has 2 atom stereocenters. The molecular formula is C17H30N2. The molecule has 0 heterocycles. The predicted octanol–water partition coefficient (Wildman–Crippen LogP) is 3.67. The van der Waals surface area contributed by atoms with Gasteiger partial charge in [0.1, 0.15) is 0 Å². The van der Waals surface area contributed by atoms with Gasteiger partial charge in [0.2, 0.25) is 0 Å². The molecule has 0 saturated heterocycles. The quantitative estimate of drug-likeness (QED) is 0.847. The Morgan fingerprint density at radius 1 is 1.11 bits per heavy atom. The normalized spacial score (nSPS) is 15.0. The lowest BCUT2D eigenvalue weighted by Gasteiger charge is -2.34. The summed E-state index contributed by atoms with van der Waals surface area (Å²) in [5.41, 5.74) is 10.1. The summed E-state index contributed by atoms with van der Waals surface area (Å²) < 4.78 is 0. The average Bonchev–Trinajstić information content (AvgIpc) is 2.33. The van der Waals surface area contributed by atoms with Crippen LogP contribution in [0.1, 0.15) is 49.9 Å². The Bertz CT molecular complexity index is 398. The topological polar surface area (TPSA) is 29.3 Å². The number of hydrogen-bond acceptors (Lipinski definition) is 2. The average molecular weight is 262 g/mol. The van der Waals surface area contributed by atoms with Crippen LogP contribution in [0.25, 0.3) is 0 Å². The van der Waals surface area contributed by atoms with Crippen LogP contribution in [-0.2, 0) is 0 Å². The fourth-order valence-corrected chi connectivity index (χ4v) is 2.67. The van der Waals surface area contributed by atoms with Crippen molar-refractivity contribution in [2.75, 3.05) is 13.6 Å². The van der Waals surface area contributed by atoms with Gasteiger partial charge in [-0.1, -0.05) is 32.0 Å². The van der Waals surface area contributed by atoms with Crippen LogP contribution in [0.3, 0.4) is 0 Å². The van der Waals surface area contributed by atoms with Crippen LogP contribution < -0.4 is 5.73 Å². The summed E-state index contributed by atoms with van der Waals surface area (Å²) in [6.45, 7) is 11.8. The molecule has 0 fully saturated rings. The lowest BCUT2D eigenvalue weighted by atomic mass is 9.97. The van der Waals surface area contributed by atoms with Gasteiger partial charge in [0.25, 0.3) is 0 Å². The summed E-state index contributed by atoms with van der Waals surface area (Å²) in [6, 6.07) is 7.57. The van der Waals surface area contributed by atoms with Crippen molar-refractivity contribution in [3.05, 3.63) is 34.9 Å². The summed E-state index contributed by atoms with van der Waals surface area (Å²) >= 11 is 0. The number of benzene rings is 1. The molecule has 0 aliphatic heterocycles. The molecule has 0 saturated carbocycles. The lowest BCUT2D eigenvalue weighted by molar-refractivity contribution is 0.168. The van der Waals surface area contributed by atoms with Crippen molar-refractivity contribution in [3.63, 3.8) is 0 Å². The monoisotopic (exact) mass is 262 g/mol. The smallest absolute Gasteiger partial charge is 0.0470 e. The first-order valence-corrected chi connectivity index (χ1v) is 7.36. The van der Waals surface area contributed by atoms with Gasteiger partial charge >= 0.3 is 0 Å². The molecule has 19 heavy (non-hydrogen) atoms. The highest BCUT2D eigenvalue weighted by Gasteiger charge is 2.21. The summed E-state index contributed by atoms with van der Waals surface area (Å²) in [5, 5.41) is 0. The summed E-state index contributed by atoms with van der Waals surface area (Å²) in [5.74, 6) is 0.718. The zero-order valence-corrected chi connectivity index (χ0v) is 13.4. The van der Waals surface area contributed by atoms with Gasteiger partial charge in [-0.25, -0.2) is 0 Å². The Labute approximate surface area is 119 Å². The van der Waals surface area contributed by atoms with E-state index in [1.54, 1.807) is 0 Å². The molecule has 0 radical (unpaired) electrons. The van der Waals surface area contributed by atoms with Crippen molar-refractivity contribution in [1.82, 2.24) is 4.90 Å². The molecule has 0 amide bonds. The Morgan fingerprint density at radius 3 is 2.21 bits per heavy atom. The Hall–Kier alpha value is -0.860. The Kier molecular flexibility index (Phi) is 6.02. The molecule has 0 aromatic heterocycles. The molecule has 2 unspecified atom stereocenters. The number of likely N-dealkylation sites (N-methyl/N-ethyl adjacent to an activating group) is 1. The molecule has 2 nitrogen and oxygen atoms in total. The Balaban J connectivity index is 2.89. The van der Waals surface area contributed by atoms with Crippen molar-refractivity contribution in [2.45, 2.75) is 53.1 Å². The highest BCUT2D eigenvalue weighted by Crippen LogP contribution is 2.24. The van der Waals surface area contributed by atoms with E-state index in [9.17, 15) is 0 Å². The van der Waals surface area contributed by atoms with Crippen LogP contribution in [0.2, 0.25) is 0 Å². The number of aryl methyl sites for hydroxylation is 2. The second-order valence-corrected chi connectivity index (χ2v) is 6.24. The molecule has 2 N–H and O–H groups in total. The lowest BCUT2D eigenvalue weighted by Crippen LogP contribution is -2.37. The molecule has 2 heteroatoms. The number of hydrogen-bond donors (Lipinski definition) is 1. The van der Waals surface area contributed by atoms with Crippen molar-refractivity contribution in [1.29, 1.82) is 0 Å². The third-order valence-electron chi connectivity index (χ3n) is 4.14. The minimum atomic E-state index is 0.313. The van der Waals surface area contributed by atoms with Crippen molar-refractivity contribution in [3.8, 4) is 0 Å². The van der Waals surface area contributed by atoms with Crippen LogP contribution in [0.15, 0.2) is 18.2 Å². The van der Waals surface area contributed by atoms with Crippen LogP contribution in [0.4, 0.5) is 0 Å². The van der Waals surface area contributed by atoms with Crippen LogP contribution in [0.5, 0.6) is 0 Å². The van der Waals surface area contributed by atoms with Gasteiger partial charge < -0.3 is 5.73 Å². The second kappa shape index (κ2) is 7.06. The molecule has 108 valence electrons. The molecule has 0 spiro atoms. The molecule has 0 bridgehead atoms. The van der Waals surface area contributed by atoms with Gasteiger partial charge in [-0.05, 0) is 56.8 Å². The fourth-order valence-electron chi connectivity index (χ4n) is 2.67. The van der Waals surface area contributed by atoms with Crippen molar-refractivity contribution in [2.24, 2.45) is 11.7 Å². The van der Waals surface area contributed by atoms with E-state index in [1.807, 2.05) is 0 Å². The van der Waals surface area contributed by atoms with E-state index >= 15 is 0 Å². The standard InChI is InChI=1S/C17H30N2/c1-12(2)9-15(5)19(6)17(11-18)16-8-7-13(3)14(4)10-16/h7-8,10,12,15,17H,9,11,18H2,1-6H3. The third kappa shape index (κ3) is 4.32. The van der Waals surface area contributed by atoms with Gasteiger partial charge in [0.15, 0.2) is 0 Å². The molecule has 0 aliphatic carbocycles. The molecule has 1 aromatic rings. The van der Waals surface area contributed by atoms with Crippen LogP contribution in [0, 0.1) is 19.8 Å². The predicted molar refractivity (Wildman–Crippen MR) is 84.4 cm³/mol.